The third-order valence-electron chi connectivity index (χ3n) is 5.15. The number of aldehydes is 1. The lowest BCUT2D eigenvalue weighted by atomic mass is 10.1. The first-order valence-electron chi connectivity index (χ1n) is 10.5. The van der Waals surface area contributed by atoms with Gasteiger partial charge in [-0.2, -0.15) is 5.10 Å². The Labute approximate surface area is 195 Å². The molecule has 0 atom stereocenters. The largest absolute Gasteiger partial charge is 0.497 e. The van der Waals surface area contributed by atoms with Crippen molar-refractivity contribution in [2.45, 2.75) is 17.7 Å². The lowest BCUT2D eigenvalue weighted by molar-refractivity contribution is -0.145. The van der Waals surface area contributed by atoms with Crippen molar-refractivity contribution in [2.24, 2.45) is 0 Å². The van der Waals surface area contributed by atoms with E-state index in [0.29, 0.717) is 41.7 Å². The molecule has 1 aromatic heterocycles. The number of rotatable bonds is 9. The zero-order valence-electron chi connectivity index (χ0n) is 18.4. The fraction of sp³-hybridized carbons (Fsp3) is 0.292. The van der Waals surface area contributed by atoms with E-state index in [1.165, 1.54) is 11.8 Å². The lowest BCUT2D eigenvalue weighted by Crippen LogP contribution is -2.30. The van der Waals surface area contributed by atoms with Gasteiger partial charge in [-0.1, -0.05) is 42.1 Å². The molecule has 3 aromatic rings. The van der Waals surface area contributed by atoms with E-state index < -0.39 is 11.8 Å². The molecular formula is C24H24N2O6S. The van der Waals surface area contributed by atoms with Crippen molar-refractivity contribution in [3.8, 4) is 11.4 Å². The first-order chi connectivity index (χ1) is 16.1. The molecule has 0 amide bonds. The Bertz CT molecular complexity index is 1110. The number of hydrogen-bond donors (Lipinski definition) is 0. The summed E-state index contributed by atoms with van der Waals surface area (Å²) in [4.78, 5) is 24.6. The van der Waals surface area contributed by atoms with Gasteiger partial charge in [0.2, 0.25) is 5.79 Å². The summed E-state index contributed by atoms with van der Waals surface area (Å²) in [5, 5.41) is 4.93. The van der Waals surface area contributed by atoms with Gasteiger partial charge in [0, 0.05) is 5.56 Å². The molecule has 1 aliphatic heterocycles. The highest BCUT2D eigenvalue weighted by Crippen LogP contribution is 2.39. The molecule has 2 aromatic carbocycles. The predicted octanol–water partition coefficient (Wildman–Crippen LogP) is 3.86. The van der Waals surface area contributed by atoms with Gasteiger partial charge in [-0.05, 0) is 31.2 Å². The van der Waals surface area contributed by atoms with Gasteiger partial charge in [-0.25, -0.2) is 9.48 Å². The summed E-state index contributed by atoms with van der Waals surface area (Å²) in [7, 11) is 1.58. The molecule has 0 aliphatic carbocycles. The van der Waals surface area contributed by atoms with Crippen molar-refractivity contribution < 1.29 is 28.5 Å². The van der Waals surface area contributed by atoms with E-state index in [4.69, 9.17) is 18.9 Å². The standard InChI is InChI=1S/C24H24N2O6S/c1-3-30-23(28)21-20(15-27)22(26(25-21)18-9-11-19(29-2)12-10-18)33-16-24(31-13-14-32-24)17-7-5-4-6-8-17/h4-12,15H,3,13-14,16H2,1-2H3. The second-order valence-corrected chi connectivity index (χ2v) is 8.08. The van der Waals surface area contributed by atoms with E-state index in [9.17, 15) is 9.59 Å². The van der Waals surface area contributed by atoms with Crippen molar-refractivity contribution in [2.75, 3.05) is 32.7 Å². The van der Waals surface area contributed by atoms with Crippen LogP contribution in [0.5, 0.6) is 5.75 Å². The van der Waals surface area contributed by atoms with Crippen molar-refractivity contribution in [3.05, 3.63) is 71.4 Å². The third-order valence-corrected chi connectivity index (χ3v) is 6.34. The minimum atomic E-state index is -0.967. The van der Waals surface area contributed by atoms with Crippen molar-refractivity contribution in [1.29, 1.82) is 0 Å². The number of ether oxygens (including phenoxy) is 4. The van der Waals surface area contributed by atoms with Crippen molar-refractivity contribution >= 4 is 24.0 Å². The molecule has 9 heteroatoms. The molecule has 1 fully saturated rings. The van der Waals surface area contributed by atoms with Crippen LogP contribution in [0.15, 0.2) is 59.6 Å². The van der Waals surface area contributed by atoms with Crippen LogP contribution in [0.4, 0.5) is 0 Å². The fourth-order valence-corrected chi connectivity index (χ4v) is 4.78. The van der Waals surface area contributed by atoms with Crippen molar-refractivity contribution in [1.82, 2.24) is 9.78 Å². The Hall–Kier alpha value is -3.14. The van der Waals surface area contributed by atoms with E-state index in [1.807, 2.05) is 30.3 Å². The highest BCUT2D eigenvalue weighted by molar-refractivity contribution is 7.99. The van der Waals surface area contributed by atoms with Gasteiger partial charge in [0.25, 0.3) is 0 Å². The second kappa shape index (κ2) is 10.2. The predicted molar refractivity (Wildman–Crippen MR) is 122 cm³/mol. The minimum absolute atomic E-state index is 0.0350. The second-order valence-electron chi connectivity index (χ2n) is 7.12. The highest BCUT2D eigenvalue weighted by atomic mass is 32.2. The molecule has 0 radical (unpaired) electrons. The van der Waals surface area contributed by atoms with Gasteiger partial charge in [-0.3, -0.25) is 4.79 Å². The Morgan fingerprint density at radius 1 is 1.15 bits per heavy atom. The zero-order valence-corrected chi connectivity index (χ0v) is 19.2. The summed E-state index contributed by atoms with van der Waals surface area (Å²) in [5.74, 6) is -0.593. The molecule has 0 saturated carbocycles. The number of hydrogen-bond acceptors (Lipinski definition) is 8. The topological polar surface area (TPSA) is 88.9 Å². The molecule has 0 bridgehead atoms. The van der Waals surface area contributed by atoms with Crippen LogP contribution in [0.25, 0.3) is 5.69 Å². The van der Waals surface area contributed by atoms with Gasteiger partial charge in [0.15, 0.2) is 12.0 Å². The first-order valence-corrected chi connectivity index (χ1v) is 11.5. The zero-order chi connectivity index (χ0) is 23.3. The molecule has 2 heterocycles. The van der Waals surface area contributed by atoms with E-state index in [0.717, 1.165) is 5.56 Å². The van der Waals surface area contributed by atoms with Gasteiger partial charge in [0.1, 0.15) is 10.8 Å². The average Bonchev–Trinajstić information content (AvgIpc) is 3.49. The molecule has 8 nitrogen and oxygen atoms in total. The lowest BCUT2D eigenvalue weighted by Gasteiger charge is -2.27. The van der Waals surface area contributed by atoms with Crippen LogP contribution < -0.4 is 4.74 Å². The Morgan fingerprint density at radius 2 is 1.85 bits per heavy atom. The first kappa shape index (κ1) is 23.0. The van der Waals surface area contributed by atoms with E-state index in [2.05, 4.69) is 5.10 Å². The summed E-state index contributed by atoms with van der Waals surface area (Å²) in [6.45, 7) is 2.80. The van der Waals surface area contributed by atoms with Crippen LogP contribution in [0.2, 0.25) is 0 Å². The van der Waals surface area contributed by atoms with E-state index in [1.54, 1.807) is 43.0 Å². The van der Waals surface area contributed by atoms with Gasteiger partial charge in [-0.15, -0.1) is 0 Å². The van der Waals surface area contributed by atoms with Crippen LogP contribution in [-0.4, -0.2) is 54.7 Å². The number of carbonyl (C=O) groups excluding carboxylic acids is 2. The number of methoxy groups -OCH3 is 1. The summed E-state index contributed by atoms with van der Waals surface area (Å²) in [6.07, 6.45) is 0.632. The smallest absolute Gasteiger partial charge is 0.359 e. The maximum atomic E-state index is 12.5. The van der Waals surface area contributed by atoms with Gasteiger partial charge >= 0.3 is 5.97 Å². The number of nitrogens with zero attached hydrogens (tertiary/aromatic N) is 2. The number of carbonyl (C=O) groups is 2. The average molecular weight is 469 g/mol. The molecule has 0 spiro atoms. The maximum Gasteiger partial charge on any atom is 0.359 e. The molecule has 33 heavy (non-hydrogen) atoms. The molecule has 172 valence electrons. The molecule has 4 rings (SSSR count). The Morgan fingerprint density at radius 3 is 2.45 bits per heavy atom. The van der Waals surface area contributed by atoms with Crippen molar-refractivity contribution in [3.63, 3.8) is 0 Å². The van der Waals surface area contributed by atoms with Crippen LogP contribution in [-0.2, 0) is 20.0 Å². The SMILES string of the molecule is CCOC(=O)c1nn(-c2ccc(OC)cc2)c(SCC2(c3ccccc3)OCCO2)c1C=O. The van der Waals surface area contributed by atoms with Crippen LogP contribution in [0, 0.1) is 0 Å². The third kappa shape index (κ3) is 4.66. The summed E-state index contributed by atoms with van der Waals surface area (Å²) in [5.41, 5.74) is 1.67. The summed E-state index contributed by atoms with van der Waals surface area (Å²) >= 11 is 1.33. The molecule has 1 saturated heterocycles. The quantitative estimate of drug-likeness (QED) is 0.266. The fourth-order valence-electron chi connectivity index (χ4n) is 3.55. The maximum absolute atomic E-state index is 12.5. The summed E-state index contributed by atoms with van der Waals surface area (Å²) < 4.78 is 24.0. The Balaban J connectivity index is 1.75. The Kier molecular flexibility index (Phi) is 7.12. The number of aromatic nitrogens is 2. The molecular weight excluding hydrogens is 444 g/mol. The molecule has 0 N–H and O–H groups in total. The van der Waals surface area contributed by atoms with Crippen LogP contribution in [0.3, 0.4) is 0 Å². The monoisotopic (exact) mass is 468 g/mol. The van der Waals surface area contributed by atoms with E-state index in [-0.39, 0.29) is 17.9 Å². The number of benzene rings is 2. The normalized spacial score (nSPS) is 14.7. The molecule has 1 aliphatic rings. The van der Waals surface area contributed by atoms with Crippen LogP contribution >= 0.6 is 11.8 Å². The number of thioether (sulfide) groups is 1. The molecule has 0 unspecified atom stereocenters. The van der Waals surface area contributed by atoms with E-state index >= 15 is 0 Å². The van der Waals surface area contributed by atoms with Gasteiger partial charge in [0.05, 0.1) is 43.9 Å². The minimum Gasteiger partial charge on any atom is -0.497 e. The van der Waals surface area contributed by atoms with Crippen LogP contribution in [0.1, 0.15) is 33.3 Å². The number of esters is 1. The summed E-state index contributed by atoms with van der Waals surface area (Å²) in [6, 6.07) is 16.8. The highest BCUT2D eigenvalue weighted by Gasteiger charge is 2.39. The van der Waals surface area contributed by atoms with Gasteiger partial charge < -0.3 is 18.9 Å².